The van der Waals surface area contributed by atoms with Crippen molar-refractivity contribution in [2.75, 3.05) is 26.2 Å². The molecule has 0 radical (unpaired) electrons. The Bertz CT molecular complexity index is 2090. The number of carbonyl (C=O) groups excluding carboxylic acids is 10. The fourth-order valence-electron chi connectivity index (χ4n) is 8.22. The zero-order chi connectivity index (χ0) is 57.4. The molecule has 16 N–H and O–H groups in total. The van der Waals surface area contributed by atoms with E-state index >= 15 is 0 Å². The number of ether oxygens (including phenoxy) is 1. The molecule has 10 atom stereocenters. The van der Waals surface area contributed by atoms with Gasteiger partial charge in [-0.2, -0.15) is 0 Å². The van der Waals surface area contributed by atoms with Gasteiger partial charge in [0.2, 0.25) is 53.2 Å². The lowest BCUT2D eigenvalue weighted by atomic mass is 9.98. The van der Waals surface area contributed by atoms with E-state index in [0.717, 1.165) is 0 Å². The molecule has 0 spiro atoms. The lowest BCUT2D eigenvalue weighted by molar-refractivity contribution is -0.158. The van der Waals surface area contributed by atoms with Crippen molar-refractivity contribution in [3.63, 3.8) is 0 Å². The van der Waals surface area contributed by atoms with Crippen molar-refractivity contribution in [3.8, 4) is 0 Å². The van der Waals surface area contributed by atoms with E-state index in [2.05, 4.69) is 47.9 Å². The first kappa shape index (κ1) is 65.9. The summed E-state index contributed by atoms with van der Waals surface area (Å²) >= 11 is 0. The predicted molar refractivity (Wildman–Crippen MR) is 284 cm³/mol. The lowest BCUT2D eigenvalue weighted by Gasteiger charge is -2.30. The van der Waals surface area contributed by atoms with Crippen LogP contribution in [-0.4, -0.2) is 151 Å². The molecule has 1 aliphatic rings. The Labute approximate surface area is 447 Å². The second-order valence-corrected chi connectivity index (χ2v) is 21.2. The lowest BCUT2D eigenvalue weighted by Crippen LogP contribution is -2.61. The van der Waals surface area contributed by atoms with Crippen LogP contribution in [0, 0.1) is 29.6 Å². The Morgan fingerprint density at radius 3 is 1.22 bits per heavy atom. The van der Waals surface area contributed by atoms with Crippen molar-refractivity contribution in [3.05, 3.63) is 35.9 Å². The highest BCUT2D eigenvalue weighted by Crippen LogP contribution is 2.16. The van der Waals surface area contributed by atoms with Gasteiger partial charge >= 0.3 is 5.97 Å². The van der Waals surface area contributed by atoms with Crippen LogP contribution in [0.4, 0.5) is 0 Å². The molecule has 1 aromatic rings. The number of aliphatic hydroxyl groups excluding tert-OH is 1. The summed E-state index contributed by atoms with van der Waals surface area (Å²) in [5.41, 5.74) is 18.4. The third-order valence-electron chi connectivity index (χ3n) is 12.6. The first-order valence-electron chi connectivity index (χ1n) is 26.4. The van der Waals surface area contributed by atoms with Crippen LogP contribution in [0.2, 0.25) is 0 Å². The van der Waals surface area contributed by atoms with Gasteiger partial charge in [-0.05, 0) is 86.9 Å². The number of rotatable bonds is 16. The van der Waals surface area contributed by atoms with E-state index in [1.165, 1.54) is 0 Å². The maximum Gasteiger partial charge on any atom is 0.331 e. The third kappa shape index (κ3) is 22.2. The van der Waals surface area contributed by atoms with Gasteiger partial charge in [-0.3, -0.25) is 43.2 Å². The van der Waals surface area contributed by atoms with Gasteiger partial charge in [0.05, 0.1) is 13.0 Å². The molecule has 1 saturated heterocycles. The minimum atomic E-state index is -1.65. The van der Waals surface area contributed by atoms with Gasteiger partial charge in [-0.15, -0.1) is 0 Å². The minimum Gasteiger partial charge on any atom is -0.460 e. The number of cyclic esters (lactones) is 1. The summed E-state index contributed by atoms with van der Waals surface area (Å²) in [6.07, 6.45) is -1.82. The summed E-state index contributed by atoms with van der Waals surface area (Å²) in [6.45, 7) is 15.9. The van der Waals surface area contributed by atoms with E-state index in [0.29, 0.717) is 5.56 Å². The fraction of sp³-hybridized carbons (Fsp3) is 0.692. The average molecular weight is 1070 g/mol. The van der Waals surface area contributed by atoms with Crippen molar-refractivity contribution in [1.29, 1.82) is 0 Å². The topological polar surface area (TPSA) is 386 Å². The summed E-state index contributed by atoms with van der Waals surface area (Å²) < 4.78 is 5.67. The molecule has 428 valence electrons. The van der Waals surface area contributed by atoms with Crippen LogP contribution in [0.1, 0.15) is 113 Å². The number of esters is 1. The summed E-state index contributed by atoms with van der Waals surface area (Å²) in [4.78, 5) is 140. The van der Waals surface area contributed by atoms with Gasteiger partial charge in [-0.1, -0.05) is 99.6 Å². The Hall–Kier alpha value is -6.24. The smallest absolute Gasteiger partial charge is 0.331 e. The summed E-state index contributed by atoms with van der Waals surface area (Å²) in [5.74, 6) is -10.2. The maximum atomic E-state index is 14.4. The molecule has 1 heterocycles. The zero-order valence-corrected chi connectivity index (χ0v) is 46.0. The molecule has 1 fully saturated rings. The van der Waals surface area contributed by atoms with Crippen molar-refractivity contribution in [1.82, 2.24) is 47.9 Å². The molecule has 9 amide bonds. The number of hydrogen-bond donors (Lipinski definition) is 13. The normalized spacial score (nSPS) is 26.3. The standard InChI is InChI=1S/C52H88N12O12/c1-27(2)22-36-47(70)57-35(18-21-55)46(69)64-43(31(9)10)51(74)61-37(23-28(3)4)48(71)62-39(26-65)52(75)76-40(29(5)6)25-41(66)56-33(16-19-53)45(68)63-42(30(7)8)50(73)58-34(17-20-54)44(67)60-38(49(72)59-36)24-32-14-12-11-13-15-32/h11-15,27-31,33-40,42-43,65H,16-26,53-55H2,1-10H3,(H,56,66)(H,57,70)(H,58,73)(H,59,72)(H,60,67)(H,61,74)(H,62,71)(H,63,68)(H,64,69). The van der Waals surface area contributed by atoms with Crippen LogP contribution < -0.4 is 65.1 Å². The number of nitrogens with one attached hydrogen (secondary N) is 9. The van der Waals surface area contributed by atoms with Gasteiger partial charge in [0.25, 0.3) is 0 Å². The van der Waals surface area contributed by atoms with Gasteiger partial charge in [0, 0.05) is 6.42 Å². The van der Waals surface area contributed by atoms with Gasteiger partial charge in [0.1, 0.15) is 54.4 Å². The highest BCUT2D eigenvalue weighted by atomic mass is 16.5. The highest BCUT2D eigenvalue weighted by Gasteiger charge is 2.38. The molecule has 76 heavy (non-hydrogen) atoms. The molecular weight excluding hydrogens is 985 g/mol. The molecule has 10 unspecified atom stereocenters. The van der Waals surface area contributed by atoms with Crippen molar-refractivity contribution >= 4 is 59.1 Å². The van der Waals surface area contributed by atoms with Crippen LogP contribution in [-0.2, 0) is 59.1 Å². The second-order valence-electron chi connectivity index (χ2n) is 21.2. The van der Waals surface area contributed by atoms with Crippen molar-refractivity contribution in [2.24, 2.45) is 46.8 Å². The minimum absolute atomic E-state index is 0.0530. The van der Waals surface area contributed by atoms with Crippen LogP contribution in [0.25, 0.3) is 0 Å². The Morgan fingerprint density at radius 1 is 0.461 bits per heavy atom. The molecule has 0 saturated carbocycles. The fourth-order valence-corrected chi connectivity index (χ4v) is 8.22. The highest BCUT2D eigenvalue weighted by molar-refractivity contribution is 5.98. The number of carbonyl (C=O) groups is 10. The summed E-state index contributed by atoms with van der Waals surface area (Å²) in [7, 11) is 0. The van der Waals surface area contributed by atoms with Crippen molar-refractivity contribution < 1.29 is 57.8 Å². The Balaban J connectivity index is 2.78. The van der Waals surface area contributed by atoms with Crippen molar-refractivity contribution in [2.45, 2.75) is 175 Å². The molecule has 0 aliphatic carbocycles. The van der Waals surface area contributed by atoms with E-state index in [-0.39, 0.29) is 70.0 Å². The molecule has 0 aromatic heterocycles. The summed E-state index contributed by atoms with van der Waals surface area (Å²) in [6, 6.07) is -3.30. The number of nitrogens with two attached hydrogens (primary N) is 3. The number of amides is 9. The van der Waals surface area contributed by atoms with E-state index in [1.54, 1.807) is 85.7 Å². The Kier molecular flexibility index (Phi) is 28.6. The zero-order valence-electron chi connectivity index (χ0n) is 46.0. The number of benzene rings is 1. The molecule has 0 bridgehead atoms. The third-order valence-corrected chi connectivity index (χ3v) is 12.6. The maximum absolute atomic E-state index is 14.4. The molecule has 24 heteroatoms. The van der Waals surface area contributed by atoms with E-state index in [4.69, 9.17) is 21.9 Å². The van der Waals surface area contributed by atoms with E-state index in [1.807, 2.05) is 13.8 Å². The first-order valence-corrected chi connectivity index (χ1v) is 26.4. The molecule has 24 nitrogen and oxygen atoms in total. The van der Waals surface area contributed by atoms with Crippen LogP contribution in [0.3, 0.4) is 0 Å². The second kappa shape index (κ2) is 33.0. The monoisotopic (exact) mass is 1070 g/mol. The Morgan fingerprint density at radius 2 is 0.816 bits per heavy atom. The number of hydrogen-bond acceptors (Lipinski definition) is 15. The van der Waals surface area contributed by atoms with E-state index in [9.17, 15) is 53.1 Å². The largest absolute Gasteiger partial charge is 0.460 e. The van der Waals surface area contributed by atoms with Gasteiger partial charge < -0.3 is 74.9 Å². The molecule has 1 aliphatic heterocycles. The average Bonchev–Trinajstić information content (AvgIpc) is 3.34. The molecular formula is C52H88N12O12. The predicted octanol–water partition coefficient (Wildman–Crippen LogP) is -1.99. The van der Waals surface area contributed by atoms with Crippen LogP contribution in [0.5, 0.6) is 0 Å². The van der Waals surface area contributed by atoms with Gasteiger partial charge in [-0.25, -0.2) is 4.79 Å². The van der Waals surface area contributed by atoms with Crippen LogP contribution in [0.15, 0.2) is 30.3 Å². The quantitative estimate of drug-likeness (QED) is 0.0797. The van der Waals surface area contributed by atoms with E-state index < -0.39 is 150 Å². The molecule has 1 aromatic carbocycles. The summed E-state index contributed by atoms with van der Waals surface area (Å²) in [5, 5.41) is 34.2. The molecule has 2 rings (SSSR count). The first-order chi connectivity index (χ1) is 35.8. The number of aliphatic hydroxyl groups is 1. The van der Waals surface area contributed by atoms with Crippen LogP contribution >= 0.6 is 0 Å². The van der Waals surface area contributed by atoms with Gasteiger partial charge in [0.15, 0.2) is 6.04 Å². The SMILES string of the molecule is CC(C)CC1NC(=O)C(Cc2ccccc2)NC(=O)C(CCN)NC(=O)C(C(C)C)NC(=O)C(CCN)NC(=O)CC(C(C)C)OC(=O)C(CO)NC(=O)C(CC(C)C)NC(=O)C(C(C)C)NC(=O)C(CCN)NC1=O.